The zero-order valence-electron chi connectivity index (χ0n) is 9.82. The molecule has 1 aromatic carbocycles. The van der Waals surface area contributed by atoms with Crippen molar-refractivity contribution >= 4 is 11.6 Å². The SMILES string of the molecule is Cc1cc(Cl)cc(C(NN)c2ccncc2F)c1. The van der Waals surface area contributed by atoms with Gasteiger partial charge in [0.15, 0.2) is 0 Å². The fraction of sp³-hybridized carbons (Fsp3) is 0.154. The molecule has 0 saturated carbocycles. The van der Waals surface area contributed by atoms with Crippen LogP contribution < -0.4 is 11.3 Å². The minimum Gasteiger partial charge on any atom is -0.271 e. The lowest BCUT2D eigenvalue weighted by Gasteiger charge is -2.18. The molecule has 1 heterocycles. The Morgan fingerprint density at radius 2 is 2.17 bits per heavy atom. The van der Waals surface area contributed by atoms with Gasteiger partial charge < -0.3 is 0 Å². The molecular formula is C13H13ClFN3. The van der Waals surface area contributed by atoms with Crippen molar-refractivity contribution < 1.29 is 4.39 Å². The first kappa shape index (κ1) is 13.0. The van der Waals surface area contributed by atoms with E-state index in [0.29, 0.717) is 10.6 Å². The number of hydrogen-bond acceptors (Lipinski definition) is 3. The molecule has 0 saturated heterocycles. The predicted molar refractivity (Wildman–Crippen MR) is 69.6 cm³/mol. The third kappa shape index (κ3) is 2.67. The van der Waals surface area contributed by atoms with Crippen molar-refractivity contribution in [2.75, 3.05) is 0 Å². The summed E-state index contributed by atoms with van der Waals surface area (Å²) in [6.45, 7) is 1.92. The number of benzene rings is 1. The zero-order chi connectivity index (χ0) is 13.1. The number of hydrazine groups is 1. The van der Waals surface area contributed by atoms with Crippen LogP contribution in [0, 0.1) is 12.7 Å². The molecule has 5 heteroatoms. The van der Waals surface area contributed by atoms with Gasteiger partial charge in [-0.25, -0.2) is 9.82 Å². The van der Waals surface area contributed by atoms with Crippen molar-refractivity contribution in [2.45, 2.75) is 13.0 Å². The second-order valence-corrected chi connectivity index (χ2v) is 4.50. The quantitative estimate of drug-likeness (QED) is 0.663. The van der Waals surface area contributed by atoms with Crippen LogP contribution >= 0.6 is 11.6 Å². The molecule has 2 rings (SSSR count). The second-order valence-electron chi connectivity index (χ2n) is 4.06. The maximum atomic E-state index is 13.7. The molecule has 0 radical (unpaired) electrons. The lowest BCUT2D eigenvalue weighted by molar-refractivity contribution is 0.555. The molecule has 0 aliphatic heterocycles. The summed E-state index contributed by atoms with van der Waals surface area (Å²) in [4.78, 5) is 3.72. The highest BCUT2D eigenvalue weighted by Gasteiger charge is 2.17. The van der Waals surface area contributed by atoms with Crippen molar-refractivity contribution in [1.29, 1.82) is 0 Å². The van der Waals surface area contributed by atoms with Crippen LogP contribution in [0.25, 0.3) is 0 Å². The Morgan fingerprint density at radius 1 is 1.39 bits per heavy atom. The van der Waals surface area contributed by atoms with E-state index >= 15 is 0 Å². The fourth-order valence-corrected chi connectivity index (χ4v) is 2.21. The van der Waals surface area contributed by atoms with E-state index in [9.17, 15) is 4.39 Å². The van der Waals surface area contributed by atoms with Gasteiger partial charge in [-0.05, 0) is 36.2 Å². The van der Waals surface area contributed by atoms with E-state index in [0.717, 1.165) is 17.3 Å². The predicted octanol–water partition coefficient (Wildman–Crippen LogP) is 2.74. The molecule has 0 spiro atoms. The van der Waals surface area contributed by atoms with Crippen molar-refractivity contribution in [3.63, 3.8) is 0 Å². The third-order valence-corrected chi connectivity index (χ3v) is 2.90. The van der Waals surface area contributed by atoms with Gasteiger partial charge in [0.25, 0.3) is 0 Å². The number of nitrogens with two attached hydrogens (primary N) is 1. The lowest BCUT2D eigenvalue weighted by atomic mass is 9.98. The first-order valence-corrected chi connectivity index (χ1v) is 5.82. The second kappa shape index (κ2) is 5.44. The van der Waals surface area contributed by atoms with Crippen LogP contribution in [-0.4, -0.2) is 4.98 Å². The van der Waals surface area contributed by atoms with Gasteiger partial charge in [0.2, 0.25) is 0 Å². The third-order valence-electron chi connectivity index (χ3n) is 2.68. The number of rotatable bonds is 3. The van der Waals surface area contributed by atoms with E-state index in [4.69, 9.17) is 17.4 Å². The zero-order valence-corrected chi connectivity index (χ0v) is 10.6. The number of nitrogens with one attached hydrogen (secondary N) is 1. The molecule has 0 bridgehead atoms. The number of aromatic nitrogens is 1. The smallest absolute Gasteiger partial charge is 0.146 e. The summed E-state index contributed by atoms with van der Waals surface area (Å²) >= 11 is 6.00. The van der Waals surface area contributed by atoms with Crippen molar-refractivity contribution in [2.24, 2.45) is 5.84 Å². The van der Waals surface area contributed by atoms with Gasteiger partial charge in [-0.15, -0.1) is 0 Å². The Bertz CT molecular complexity index is 539. The van der Waals surface area contributed by atoms with E-state index < -0.39 is 11.9 Å². The molecule has 3 nitrogen and oxygen atoms in total. The van der Waals surface area contributed by atoms with Crippen LogP contribution in [-0.2, 0) is 0 Å². The van der Waals surface area contributed by atoms with Gasteiger partial charge in [-0.2, -0.15) is 0 Å². The molecule has 18 heavy (non-hydrogen) atoms. The summed E-state index contributed by atoms with van der Waals surface area (Å²) in [7, 11) is 0. The fourth-order valence-electron chi connectivity index (χ4n) is 1.92. The van der Waals surface area contributed by atoms with E-state index in [-0.39, 0.29) is 0 Å². The highest BCUT2D eigenvalue weighted by Crippen LogP contribution is 2.26. The van der Waals surface area contributed by atoms with Crippen LogP contribution in [0.1, 0.15) is 22.7 Å². The number of halogens is 2. The van der Waals surface area contributed by atoms with Gasteiger partial charge in [0.1, 0.15) is 5.82 Å². The molecule has 0 fully saturated rings. The van der Waals surface area contributed by atoms with E-state index in [1.165, 1.54) is 6.20 Å². The number of aryl methyl sites for hydroxylation is 1. The van der Waals surface area contributed by atoms with E-state index in [1.54, 1.807) is 12.1 Å². The Kier molecular flexibility index (Phi) is 3.91. The molecule has 2 aromatic rings. The standard InChI is InChI=1S/C13H13ClFN3/c1-8-4-9(6-10(14)5-8)13(18-16)11-2-3-17-7-12(11)15/h2-7,13,18H,16H2,1H3. The van der Waals surface area contributed by atoms with Gasteiger partial charge in [0.05, 0.1) is 12.2 Å². The van der Waals surface area contributed by atoms with E-state index in [1.807, 2.05) is 19.1 Å². The summed E-state index contributed by atoms with van der Waals surface area (Å²) in [6, 6.07) is 6.65. The number of pyridine rings is 1. The van der Waals surface area contributed by atoms with Crippen molar-refractivity contribution in [3.05, 3.63) is 64.2 Å². The van der Waals surface area contributed by atoms with Gasteiger partial charge in [-0.1, -0.05) is 17.7 Å². The first-order valence-electron chi connectivity index (χ1n) is 5.44. The summed E-state index contributed by atoms with van der Waals surface area (Å²) < 4.78 is 13.7. The maximum absolute atomic E-state index is 13.7. The van der Waals surface area contributed by atoms with Gasteiger partial charge >= 0.3 is 0 Å². The highest BCUT2D eigenvalue weighted by molar-refractivity contribution is 6.30. The highest BCUT2D eigenvalue weighted by atomic mass is 35.5. The van der Waals surface area contributed by atoms with Crippen LogP contribution in [0.5, 0.6) is 0 Å². The number of hydrogen-bond donors (Lipinski definition) is 2. The first-order chi connectivity index (χ1) is 8.61. The van der Waals surface area contributed by atoms with Crippen molar-refractivity contribution in [3.8, 4) is 0 Å². The molecule has 0 aliphatic carbocycles. The summed E-state index contributed by atoms with van der Waals surface area (Å²) in [5.74, 6) is 5.12. The summed E-state index contributed by atoms with van der Waals surface area (Å²) in [6.07, 6.45) is 2.69. The normalized spacial score (nSPS) is 12.4. The Labute approximate surface area is 110 Å². The summed E-state index contributed by atoms with van der Waals surface area (Å²) in [5.41, 5.74) is 4.85. The topological polar surface area (TPSA) is 50.9 Å². The molecular weight excluding hydrogens is 253 g/mol. The van der Waals surface area contributed by atoms with Gasteiger partial charge in [0, 0.05) is 16.8 Å². The van der Waals surface area contributed by atoms with Crippen LogP contribution in [0.3, 0.4) is 0 Å². The lowest BCUT2D eigenvalue weighted by Crippen LogP contribution is -2.29. The molecule has 1 aromatic heterocycles. The molecule has 0 aliphatic rings. The molecule has 1 unspecified atom stereocenters. The maximum Gasteiger partial charge on any atom is 0.146 e. The number of nitrogens with zero attached hydrogens (tertiary/aromatic N) is 1. The minimum atomic E-state index is -0.453. The molecule has 1 atom stereocenters. The Hall–Kier alpha value is -1.49. The molecule has 94 valence electrons. The van der Waals surface area contributed by atoms with E-state index in [2.05, 4.69) is 10.4 Å². The van der Waals surface area contributed by atoms with Crippen LogP contribution in [0.2, 0.25) is 5.02 Å². The Morgan fingerprint density at radius 3 is 2.78 bits per heavy atom. The average molecular weight is 266 g/mol. The summed E-state index contributed by atoms with van der Waals surface area (Å²) in [5, 5.41) is 0.597. The average Bonchev–Trinajstić information content (AvgIpc) is 2.31. The Balaban J connectivity index is 2.48. The largest absolute Gasteiger partial charge is 0.271 e. The molecule has 0 amide bonds. The monoisotopic (exact) mass is 265 g/mol. The molecule has 3 N–H and O–H groups in total. The minimum absolute atomic E-state index is 0.405. The van der Waals surface area contributed by atoms with Gasteiger partial charge in [-0.3, -0.25) is 10.8 Å². The van der Waals surface area contributed by atoms with Crippen LogP contribution in [0.4, 0.5) is 4.39 Å². The van der Waals surface area contributed by atoms with Crippen molar-refractivity contribution in [1.82, 2.24) is 10.4 Å². The van der Waals surface area contributed by atoms with Crippen LogP contribution in [0.15, 0.2) is 36.7 Å².